The van der Waals surface area contributed by atoms with Gasteiger partial charge < -0.3 is 10.6 Å². The van der Waals surface area contributed by atoms with Crippen molar-refractivity contribution in [2.24, 2.45) is 0 Å². The van der Waals surface area contributed by atoms with Gasteiger partial charge in [-0.05, 0) is 31.0 Å². The van der Waals surface area contributed by atoms with E-state index < -0.39 is 0 Å². The summed E-state index contributed by atoms with van der Waals surface area (Å²) in [5.74, 6) is 0.332. The molecule has 1 aliphatic carbocycles. The number of hydrogen-bond donors (Lipinski definition) is 2. The average Bonchev–Trinajstić information content (AvgIpc) is 2.59. The van der Waals surface area contributed by atoms with Gasteiger partial charge in [0.05, 0.1) is 23.1 Å². The van der Waals surface area contributed by atoms with E-state index in [0.717, 1.165) is 12.8 Å². The number of rotatable bonds is 4. The number of nitrogens with one attached hydrogen (secondary N) is 2. The Labute approximate surface area is 150 Å². The third kappa shape index (κ3) is 4.36. The molecule has 3 rings (SSSR count). The molecule has 1 aromatic carbocycles. The zero-order valence-electron chi connectivity index (χ0n) is 13.1. The summed E-state index contributed by atoms with van der Waals surface area (Å²) < 4.78 is 0. The van der Waals surface area contributed by atoms with Crippen molar-refractivity contribution in [2.45, 2.75) is 38.1 Å². The van der Waals surface area contributed by atoms with Crippen LogP contribution in [0.5, 0.6) is 0 Å². The zero-order valence-corrected chi connectivity index (χ0v) is 14.6. The summed E-state index contributed by atoms with van der Waals surface area (Å²) in [5, 5.41) is 6.96. The van der Waals surface area contributed by atoms with Gasteiger partial charge >= 0.3 is 0 Å². The van der Waals surface area contributed by atoms with Crippen molar-refractivity contribution in [3.05, 3.63) is 46.3 Å². The molecule has 0 bridgehead atoms. The van der Waals surface area contributed by atoms with Crippen LogP contribution in [0.2, 0.25) is 10.0 Å². The highest BCUT2D eigenvalue weighted by Crippen LogP contribution is 2.25. The highest BCUT2D eigenvalue weighted by atomic mass is 35.5. The molecule has 0 saturated heterocycles. The topological polar surface area (TPSA) is 66.9 Å². The van der Waals surface area contributed by atoms with Crippen molar-refractivity contribution in [2.75, 3.05) is 10.6 Å². The molecule has 0 aliphatic heterocycles. The average molecular weight is 365 g/mol. The molecule has 1 amide bonds. The van der Waals surface area contributed by atoms with Crippen LogP contribution in [0, 0.1) is 0 Å². The maximum atomic E-state index is 12.2. The van der Waals surface area contributed by atoms with Gasteiger partial charge in [0.1, 0.15) is 11.5 Å². The Bertz CT molecular complexity index is 715. The molecule has 0 spiro atoms. The van der Waals surface area contributed by atoms with E-state index in [1.807, 2.05) is 0 Å². The minimum atomic E-state index is -0.365. The summed E-state index contributed by atoms with van der Waals surface area (Å²) in [7, 11) is 0. The van der Waals surface area contributed by atoms with Crippen LogP contribution in [-0.4, -0.2) is 21.9 Å². The van der Waals surface area contributed by atoms with Crippen molar-refractivity contribution >= 4 is 40.6 Å². The van der Waals surface area contributed by atoms with Gasteiger partial charge in [-0.1, -0.05) is 42.5 Å². The predicted molar refractivity (Wildman–Crippen MR) is 96.9 cm³/mol. The van der Waals surface area contributed by atoms with Crippen LogP contribution in [0.4, 0.5) is 11.5 Å². The molecule has 0 radical (unpaired) electrons. The number of hydrogen-bond acceptors (Lipinski definition) is 4. The van der Waals surface area contributed by atoms with E-state index in [4.69, 9.17) is 23.2 Å². The number of aromatic nitrogens is 2. The van der Waals surface area contributed by atoms with Gasteiger partial charge in [-0.3, -0.25) is 4.79 Å². The van der Waals surface area contributed by atoms with E-state index in [9.17, 15) is 4.79 Å². The number of carbonyl (C=O) groups is 1. The Morgan fingerprint density at radius 1 is 1.08 bits per heavy atom. The van der Waals surface area contributed by atoms with Gasteiger partial charge in [0, 0.05) is 11.1 Å². The predicted octanol–water partition coefficient (Wildman–Crippen LogP) is 4.78. The summed E-state index contributed by atoms with van der Waals surface area (Å²) in [6.45, 7) is 0. The van der Waals surface area contributed by atoms with Crippen LogP contribution in [0.3, 0.4) is 0 Å². The normalized spacial score (nSPS) is 15.1. The van der Waals surface area contributed by atoms with Crippen molar-refractivity contribution in [1.82, 2.24) is 9.97 Å². The van der Waals surface area contributed by atoms with Gasteiger partial charge in [-0.15, -0.1) is 0 Å². The minimum absolute atomic E-state index is 0.232. The van der Waals surface area contributed by atoms with E-state index in [1.165, 1.54) is 25.5 Å². The molecule has 5 nitrogen and oxygen atoms in total. The van der Waals surface area contributed by atoms with Crippen LogP contribution in [-0.2, 0) is 0 Å². The molecule has 1 fully saturated rings. The third-order valence-corrected chi connectivity index (χ3v) is 4.57. The first-order valence-electron chi connectivity index (χ1n) is 7.97. The second kappa shape index (κ2) is 7.81. The maximum Gasteiger partial charge on any atom is 0.275 e. The second-order valence-corrected chi connectivity index (χ2v) is 6.69. The van der Waals surface area contributed by atoms with Gasteiger partial charge in [0.25, 0.3) is 5.91 Å². The Morgan fingerprint density at radius 3 is 2.54 bits per heavy atom. The van der Waals surface area contributed by atoms with Crippen LogP contribution in [0.1, 0.15) is 42.6 Å². The monoisotopic (exact) mass is 364 g/mol. The first-order chi connectivity index (χ1) is 11.6. The fourth-order valence-corrected chi connectivity index (χ4v) is 3.21. The van der Waals surface area contributed by atoms with Gasteiger partial charge in [0.2, 0.25) is 0 Å². The van der Waals surface area contributed by atoms with Crippen LogP contribution >= 0.6 is 23.2 Å². The molecule has 0 atom stereocenters. The van der Waals surface area contributed by atoms with Crippen molar-refractivity contribution in [1.29, 1.82) is 0 Å². The molecule has 1 heterocycles. The Balaban J connectivity index is 1.62. The highest BCUT2D eigenvalue weighted by Gasteiger charge is 2.15. The summed E-state index contributed by atoms with van der Waals surface area (Å²) in [6.07, 6.45) is 9.15. The summed E-state index contributed by atoms with van der Waals surface area (Å²) in [4.78, 5) is 20.7. The lowest BCUT2D eigenvalue weighted by Crippen LogP contribution is -2.23. The SMILES string of the molecule is O=C(Nc1ccc(Cl)cc1Cl)c1cnc(NC2CCCCC2)cn1. The quantitative estimate of drug-likeness (QED) is 0.818. The van der Waals surface area contributed by atoms with Crippen LogP contribution < -0.4 is 10.6 Å². The van der Waals surface area contributed by atoms with Gasteiger partial charge in [-0.25, -0.2) is 9.97 Å². The number of nitrogens with zero attached hydrogens (tertiary/aromatic N) is 2. The number of carbonyl (C=O) groups excluding carboxylic acids is 1. The fraction of sp³-hybridized carbons (Fsp3) is 0.353. The molecule has 0 unspecified atom stereocenters. The Morgan fingerprint density at radius 2 is 1.88 bits per heavy atom. The number of benzene rings is 1. The number of halogens is 2. The molecular formula is C17H18Cl2N4O. The highest BCUT2D eigenvalue weighted by molar-refractivity contribution is 6.36. The zero-order chi connectivity index (χ0) is 16.9. The van der Waals surface area contributed by atoms with Crippen molar-refractivity contribution in [3.8, 4) is 0 Å². The Hall–Kier alpha value is -1.85. The molecule has 1 saturated carbocycles. The van der Waals surface area contributed by atoms with E-state index in [2.05, 4.69) is 20.6 Å². The molecular weight excluding hydrogens is 347 g/mol. The smallest absolute Gasteiger partial charge is 0.275 e. The molecule has 7 heteroatoms. The van der Waals surface area contributed by atoms with Crippen LogP contribution in [0.15, 0.2) is 30.6 Å². The van der Waals surface area contributed by atoms with E-state index in [-0.39, 0.29) is 11.6 Å². The van der Waals surface area contributed by atoms with Gasteiger partial charge in [0.15, 0.2) is 0 Å². The fourth-order valence-electron chi connectivity index (χ4n) is 2.75. The summed E-state index contributed by atoms with van der Waals surface area (Å²) >= 11 is 11.9. The largest absolute Gasteiger partial charge is 0.366 e. The molecule has 2 N–H and O–H groups in total. The minimum Gasteiger partial charge on any atom is -0.366 e. The molecule has 1 aliphatic rings. The van der Waals surface area contributed by atoms with Crippen molar-refractivity contribution in [3.63, 3.8) is 0 Å². The van der Waals surface area contributed by atoms with E-state index in [1.54, 1.807) is 24.4 Å². The summed E-state index contributed by atoms with van der Waals surface area (Å²) in [5.41, 5.74) is 0.715. The van der Waals surface area contributed by atoms with E-state index >= 15 is 0 Å². The Kier molecular flexibility index (Phi) is 5.53. The summed E-state index contributed by atoms with van der Waals surface area (Å²) in [6, 6.07) is 5.32. The molecule has 126 valence electrons. The molecule has 24 heavy (non-hydrogen) atoms. The lowest BCUT2D eigenvalue weighted by atomic mass is 9.96. The lowest BCUT2D eigenvalue weighted by Gasteiger charge is -2.23. The van der Waals surface area contributed by atoms with Gasteiger partial charge in [-0.2, -0.15) is 0 Å². The lowest BCUT2D eigenvalue weighted by molar-refractivity contribution is 0.102. The number of anilines is 2. The third-order valence-electron chi connectivity index (χ3n) is 4.02. The van der Waals surface area contributed by atoms with Crippen LogP contribution in [0.25, 0.3) is 0 Å². The molecule has 1 aromatic heterocycles. The second-order valence-electron chi connectivity index (χ2n) is 5.84. The van der Waals surface area contributed by atoms with Crippen molar-refractivity contribution < 1.29 is 4.79 Å². The number of amides is 1. The maximum absolute atomic E-state index is 12.2. The first-order valence-corrected chi connectivity index (χ1v) is 8.72. The standard InChI is InChI=1S/C17H18Cl2N4O/c18-11-6-7-14(13(19)8-11)23-17(24)15-9-21-16(10-20-15)22-12-4-2-1-3-5-12/h6-10,12H,1-5H2,(H,21,22)(H,23,24). The first kappa shape index (κ1) is 17.0. The molecule has 2 aromatic rings. The van der Waals surface area contributed by atoms with E-state index in [0.29, 0.717) is 27.6 Å².